The molecule has 0 unspecified atom stereocenters. The van der Waals surface area contributed by atoms with Crippen molar-refractivity contribution in [3.05, 3.63) is 28.3 Å². The first-order valence-corrected chi connectivity index (χ1v) is 5.90. The van der Waals surface area contributed by atoms with Crippen molar-refractivity contribution in [2.24, 2.45) is 0 Å². The summed E-state index contributed by atoms with van der Waals surface area (Å²) >= 11 is 0. The molecule has 114 valence electrons. The van der Waals surface area contributed by atoms with E-state index in [1.807, 2.05) is 0 Å². The molecular weight excluding hydrogens is 282 g/mol. The van der Waals surface area contributed by atoms with Crippen LogP contribution in [0.2, 0.25) is 0 Å². The molecule has 2 amide bonds. The molecule has 0 saturated heterocycles. The molecule has 2 N–H and O–H groups in total. The van der Waals surface area contributed by atoms with Gasteiger partial charge in [0.15, 0.2) is 0 Å². The van der Waals surface area contributed by atoms with Gasteiger partial charge < -0.3 is 20.1 Å². The van der Waals surface area contributed by atoms with Crippen molar-refractivity contribution in [1.82, 2.24) is 4.90 Å². The second-order valence-electron chi connectivity index (χ2n) is 4.05. The van der Waals surface area contributed by atoms with Crippen molar-refractivity contribution in [2.75, 3.05) is 32.6 Å². The van der Waals surface area contributed by atoms with Crippen LogP contribution in [0, 0.1) is 10.1 Å². The highest BCUT2D eigenvalue weighted by Crippen LogP contribution is 2.28. The van der Waals surface area contributed by atoms with Crippen molar-refractivity contribution < 1.29 is 24.4 Å². The van der Waals surface area contributed by atoms with Crippen molar-refractivity contribution in [3.63, 3.8) is 0 Å². The van der Waals surface area contributed by atoms with E-state index in [0.29, 0.717) is 0 Å². The number of nitrogens with one attached hydrogen (secondary N) is 1. The highest BCUT2D eigenvalue weighted by Gasteiger charge is 2.20. The van der Waals surface area contributed by atoms with Crippen LogP contribution in [0.4, 0.5) is 11.4 Å². The minimum atomic E-state index is -0.932. The third-order valence-corrected chi connectivity index (χ3v) is 2.62. The number of anilines is 1. The molecule has 0 fully saturated rings. The van der Waals surface area contributed by atoms with E-state index in [4.69, 9.17) is 9.84 Å². The van der Waals surface area contributed by atoms with Crippen molar-refractivity contribution in [3.8, 4) is 5.75 Å². The van der Waals surface area contributed by atoms with Crippen LogP contribution in [0.15, 0.2) is 18.2 Å². The number of aliphatic hydroxyl groups is 1. The Kier molecular flexibility index (Phi) is 5.61. The van der Waals surface area contributed by atoms with Gasteiger partial charge in [0.25, 0.3) is 5.69 Å². The zero-order chi connectivity index (χ0) is 16.0. The van der Waals surface area contributed by atoms with E-state index >= 15 is 0 Å². The summed E-state index contributed by atoms with van der Waals surface area (Å²) in [6, 6.07) is 3.59. The van der Waals surface area contributed by atoms with E-state index in [-0.39, 0.29) is 30.3 Å². The molecule has 0 heterocycles. The molecule has 0 aliphatic carbocycles. The molecule has 0 aliphatic heterocycles. The number of non-ortho nitro benzene ring substituents is 1. The number of amides is 2. The molecule has 9 heteroatoms. The predicted octanol–water partition coefficient (Wildman–Crippen LogP) is -0.00740. The summed E-state index contributed by atoms with van der Waals surface area (Å²) in [5.74, 6) is -1.71. The Morgan fingerprint density at radius 1 is 1.48 bits per heavy atom. The monoisotopic (exact) mass is 297 g/mol. The minimum absolute atomic E-state index is 0.0175. The minimum Gasteiger partial charge on any atom is -0.494 e. The molecule has 0 spiro atoms. The summed E-state index contributed by atoms with van der Waals surface area (Å²) in [4.78, 5) is 34.5. The molecule has 1 rings (SSSR count). The number of nitrogens with zero attached hydrogens (tertiary/aromatic N) is 2. The van der Waals surface area contributed by atoms with Gasteiger partial charge >= 0.3 is 11.8 Å². The zero-order valence-electron chi connectivity index (χ0n) is 11.5. The molecule has 1 aromatic rings. The summed E-state index contributed by atoms with van der Waals surface area (Å²) < 4.78 is 4.94. The normalized spacial score (nSPS) is 9.86. The lowest BCUT2D eigenvalue weighted by Gasteiger charge is -2.15. The molecule has 0 bridgehead atoms. The number of nitro benzene ring substituents is 1. The summed E-state index contributed by atoms with van der Waals surface area (Å²) in [7, 11) is 2.65. The first-order chi connectivity index (χ1) is 9.90. The van der Waals surface area contributed by atoms with Crippen LogP contribution in [0.3, 0.4) is 0 Å². The fourth-order valence-electron chi connectivity index (χ4n) is 1.50. The number of rotatable bonds is 5. The topological polar surface area (TPSA) is 122 Å². The number of methoxy groups -OCH3 is 1. The van der Waals surface area contributed by atoms with Gasteiger partial charge in [-0.1, -0.05) is 0 Å². The molecule has 21 heavy (non-hydrogen) atoms. The van der Waals surface area contributed by atoms with E-state index < -0.39 is 16.7 Å². The van der Waals surface area contributed by atoms with E-state index in [9.17, 15) is 19.7 Å². The first-order valence-electron chi connectivity index (χ1n) is 5.90. The Morgan fingerprint density at radius 3 is 2.67 bits per heavy atom. The van der Waals surface area contributed by atoms with E-state index in [0.717, 1.165) is 11.0 Å². The first kappa shape index (κ1) is 16.4. The van der Waals surface area contributed by atoms with Crippen LogP contribution in [-0.4, -0.2) is 54.1 Å². The van der Waals surface area contributed by atoms with E-state index in [2.05, 4.69) is 5.32 Å². The van der Waals surface area contributed by atoms with Crippen molar-refractivity contribution in [1.29, 1.82) is 0 Å². The van der Waals surface area contributed by atoms with Gasteiger partial charge in [0.2, 0.25) is 0 Å². The van der Waals surface area contributed by atoms with Crippen LogP contribution in [0.1, 0.15) is 0 Å². The number of benzene rings is 1. The number of carbonyl (C=O) groups is 2. The summed E-state index contributed by atoms with van der Waals surface area (Å²) in [6.45, 7) is -0.250. The van der Waals surface area contributed by atoms with Crippen LogP contribution in [-0.2, 0) is 9.59 Å². The average molecular weight is 297 g/mol. The Balaban J connectivity index is 2.90. The smallest absolute Gasteiger partial charge is 0.313 e. The van der Waals surface area contributed by atoms with E-state index in [1.165, 1.54) is 26.3 Å². The molecule has 0 aromatic heterocycles. The largest absolute Gasteiger partial charge is 0.494 e. The highest BCUT2D eigenvalue weighted by molar-refractivity contribution is 6.39. The van der Waals surface area contributed by atoms with Gasteiger partial charge in [-0.25, -0.2) is 0 Å². The molecule has 1 aromatic carbocycles. The number of hydrogen-bond acceptors (Lipinski definition) is 6. The van der Waals surface area contributed by atoms with Crippen LogP contribution < -0.4 is 10.1 Å². The number of hydrogen-bond donors (Lipinski definition) is 2. The summed E-state index contributed by atoms with van der Waals surface area (Å²) in [5, 5.41) is 21.7. The lowest BCUT2D eigenvalue weighted by atomic mass is 10.2. The van der Waals surface area contributed by atoms with Crippen LogP contribution in [0.5, 0.6) is 5.75 Å². The third kappa shape index (κ3) is 4.14. The maximum Gasteiger partial charge on any atom is 0.313 e. The molecule has 0 radical (unpaired) electrons. The Morgan fingerprint density at radius 2 is 2.14 bits per heavy atom. The maximum absolute atomic E-state index is 11.7. The Labute approximate surface area is 120 Å². The van der Waals surface area contributed by atoms with Gasteiger partial charge in [-0.05, 0) is 6.07 Å². The molecule has 0 saturated carbocycles. The van der Waals surface area contributed by atoms with Crippen LogP contribution in [0.25, 0.3) is 0 Å². The molecular formula is C12H15N3O6. The fourth-order valence-corrected chi connectivity index (χ4v) is 1.50. The number of ether oxygens (including phenoxy) is 1. The lowest BCUT2D eigenvalue weighted by Crippen LogP contribution is -2.38. The number of carbonyl (C=O) groups excluding carboxylic acids is 2. The molecule has 0 aliphatic rings. The Bertz CT molecular complexity index is 560. The lowest BCUT2D eigenvalue weighted by molar-refractivity contribution is -0.384. The highest BCUT2D eigenvalue weighted by atomic mass is 16.6. The van der Waals surface area contributed by atoms with Crippen molar-refractivity contribution in [2.45, 2.75) is 0 Å². The average Bonchev–Trinajstić information content (AvgIpc) is 2.46. The van der Waals surface area contributed by atoms with Gasteiger partial charge in [-0.2, -0.15) is 0 Å². The standard InChI is InChI=1S/C12H15N3O6/c1-14(5-6-16)12(18)11(17)13-9-4-3-8(15(19)20)7-10(9)21-2/h3-4,7,16H,5-6H2,1-2H3,(H,13,17). The second kappa shape index (κ2) is 7.20. The number of likely N-dealkylation sites (N-methyl/N-ethyl adjacent to an activating group) is 1. The van der Waals surface area contributed by atoms with Crippen LogP contribution >= 0.6 is 0 Å². The van der Waals surface area contributed by atoms with Gasteiger partial charge in [0.1, 0.15) is 5.75 Å². The van der Waals surface area contributed by atoms with E-state index in [1.54, 1.807) is 0 Å². The van der Waals surface area contributed by atoms with Gasteiger partial charge in [-0.15, -0.1) is 0 Å². The fraction of sp³-hybridized carbons (Fsp3) is 0.333. The molecule has 9 nitrogen and oxygen atoms in total. The van der Waals surface area contributed by atoms with Crippen molar-refractivity contribution >= 4 is 23.2 Å². The van der Waals surface area contributed by atoms with Gasteiger partial charge in [0, 0.05) is 19.7 Å². The van der Waals surface area contributed by atoms with Gasteiger partial charge in [0.05, 0.1) is 30.4 Å². The molecule has 0 atom stereocenters. The number of nitro groups is 1. The number of aliphatic hydroxyl groups excluding tert-OH is 1. The Hall–Kier alpha value is -2.68. The quantitative estimate of drug-likeness (QED) is 0.448. The summed E-state index contributed by atoms with van der Waals surface area (Å²) in [6.07, 6.45) is 0. The SMILES string of the molecule is COc1cc([N+](=O)[O-])ccc1NC(=O)C(=O)N(C)CCO. The second-order valence-corrected chi connectivity index (χ2v) is 4.05. The maximum atomic E-state index is 11.7. The predicted molar refractivity (Wildman–Crippen MR) is 73.0 cm³/mol. The third-order valence-electron chi connectivity index (χ3n) is 2.62. The zero-order valence-corrected chi connectivity index (χ0v) is 11.5. The summed E-state index contributed by atoms with van der Waals surface area (Å²) in [5.41, 5.74) is -0.0626. The van der Waals surface area contributed by atoms with Gasteiger partial charge in [-0.3, -0.25) is 19.7 Å².